The van der Waals surface area contributed by atoms with Crippen molar-refractivity contribution in [3.8, 4) is 0 Å². The zero-order chi connectivity index (χ0) is 21.3. The van der Waals surface area contributed by atoms with Crippen molar-refractivity contribution in [1.29, 1.82) is 0 Å². The third-order valence-electron chi connectivity index (χ3n) is 5.26. The van der Waals surface area contributed by atoms with Crippen molar-refractivity contribution in [3.05, 3.63) is 70.0 Å². The van der Waals surface area contributed by atoms with Crippen LogP contribution in [0.5, 0.6) is 0 Å². The van der Waals surface area contributed by atoms with Crippen molar-refractivity contribution >= 4 is 45.8 Å². The van der Waals surface area contributed by atoms with Gasteiger partial charge in [0.1, 0.15) is 5.82 Å². The number of halogens is 2. The van der Waals surface area contributed by atoms with E-state index in [1.165, 1.54) is 0 Å². The Balaban J connectivity index is 1.41. The fourth-order valence-corrected chi connectivity index (χ4v) is 3.96. The summed E-state index contributed by atoms with van der Waals surface area (Å²) >= 11 is 12.4. The molecule has 1 saturated heterocycles. The Morgan fingerprint density at radius 3 is 2.73 bits per heavy atom. The third-order valence-corrected chi connectivity index (χ3v) is 5.81. The molecule has 1 fully saturated rings. The van der Waals surface area contributed by atoms with Gasteiger partial charge in [-0.25, -0.2) is 4.98 Å². The lowest BCUT2D eigenvalue weighted by molar-refractivity contribution is 0.0546. The van der Waals surface area contributed by atoms with E-state index in [1.54, 1.807) is 23.1 Å². The molecule has 1 aliphatic rings. The van der Waals surface area contributed by atoms with Gasteiger partial charge in [0.05, 0.1) is 34.3 Å². The molecule has 1 aliphatic heterocycles. The van der Waals surface area contributed by atoms with Crippen molar-refractivity contribution in [2.45, 2.75) is 25.5 Å². The first-order chi connectivity index (χ1) is 14.4. The number of nitrogens with one attached hydrogen (secondary N) is 2. The van der Waals surface area contributed by atoms with E-state index in [2.05, 4.69) is 21.9 Å². The molecule has 0 spiro atoms. The number of hydrogen-bond donors (Lipinski definition) is 3. The van der Waals surface area contributed by atoms with Crippen molar-refractivity contribution < 1.29 is 9.90 Å². The zero-order valence-electron chi connectivity index (χ0n) is 16.3. The van der Waals surface area contributed by atoms with Gasteiger partial charge in [0, 0.05) is 23.8 Å². The minimum atomic E-state index is -0.329. The number of carbonyl (C=O) groups is 1. The number of imidazole rings is 1. The molecule has 0 atom stereocenters. The normalized spacial score (nSPS) is 14.8. The van der Waals surface area contributed by atoms with Crippen LogP contribution in [-0.2, 0) is 6.54 Å². The van der Waals surface area contributed by atoms with Crippen molar-refractivity contribution in [3.63, 3.8) is 0 Å². The summed E-state index contributed by atoms with van der Waals surface area (Å²) in [5.74, 6) is 0.650. The van der Waals surface area contributed by atoms with Crippen LogP contribution >= 0.6 is 23.2 Å². The average Bonchev–Trinajstić information content (AvgIpc) is 3.14. The molecule has 6 nitrogen and oxygen atoms in total. The van der Waals surface area contributed by atoms with E-state index in [0.717, 1.165) is 22.4 Å². The highest BCUT2D eigenvalue weighted by atomic mass is 35.5. The maximum Gasteiger partial charge on any atom is 0.255 e. The van der Waals surface area contributed by atoms with E-state index in [4.69, 9.17) is 23.2 Å². The molecule has 0 saturated carbocycles. The Morgan fingerprint density at radius 1 is 1.23 bits per heavy atom. The van der Waals surface area contributed by atoms with E-state index in [-0.39, 0.29) is 12.0 Å². The molecule has 2 aromatic carbocycles. The average molecular weight is 445 g/mol. The predicted octanol–water partition coefficient (Wildman–Crippen LogP) is 4.23. The first-order valence-electron chi connectivity index (χ1n) is 9.75. The maximum atomic E-state index is 12.7. The summed E-state index contributed by atoms with van der Waals surface area (Å²) in [4.78, 5) is 22.2. The smallest absolute Gasteiger partial charge is 0.255 e. The summed E-state index contributed by atoms with van der Waals surface area (Å²) in [5, 5.41) is 13.9. The Hall–Kier alpha value is -2.54. The van der Waals surface area contributed by atoms with Gasteiger partial charge in [0.25, 0.3) is 5.91 Å². The van der Waals surface area contributed by atoms with Crippen LogP contribution in [0, 0.1) is 0 Å². The molecule has 156 valence electrons. The molecule has 0 unspecified atom stereocenters. The molecule has 30 heavy (non-hydrogen) atoms. The number of nitrogens with zero attached hydrogens (tertiary/aromatic N) is 2. The number of carbonyl (C=O) groups excluding carboxylic acids is 1. The van der Waals surface area contributed by atoms with Gasteiger partial charge in [-0.1, -0.05) is 35.8 Å². The second kappa shape index (κ2) is 8.68. The molecule has 3 aromatic rings. The molecule has 0 radical (unpaired) electrons. The minimum absolute atomic E-state index is 0.113. The van der Waals surface area contributed by atoms with Crippen molar-refractivity contribution in [2.24, 2.45) is 0 Å². The van der Waals surface area contributed by atoms with Crippen LogP contribution in [0.3, 0.4) is 0 Å². The molecule has 3 N–H and O–H groups in total. The molecule has 1 aromatic heterocycles. The van der Waals surface area contributed by atoms with Gasteiger partial charge in [-0.2, -0.15) is 0 Å². The monoisotopic (exact) mass is 444 g/mol. The molecular formula is C22H22Cl2N4O2. The number of fused-ring (bicyclic) bond motifs is 1. The number of benzene rings is 2. The highest BCUT2D eigenvalue weighted by Gasteiger charge is 2.24. The number of aliphatic hydroxyl groups excluding tert-OH is 1. The predicted molar refractivity (Wildman–Crippen MR) is 120 cm³/mol. The van der Waals surface area contributed by atoms with Gasteiger partial charge in [0.2, 0.25) is 0 Å². The number of aliphatic hydroxyl groups is 1. The van der Waals surface area contributed by atoms with E-state index in [0.29, 0.717) is 53.8 Å². The van der Waals surface area contributed by atoms with Crippen LogP contribution < -0.4 is 5.32 Å². The van der Waals surface area contributed by atoms with Crippen LogP contribution in [0.2, 0.25) is 10.0 Å². The van der Waals surface area contributed by atoms with E-state index in [1.807, 2.05) is 18.2 Å². The largest absolute Gasteiger partial charge is 0.393 e. The SMILES string of the molecule is C=C(NCc1nc2ccc(Cl)cc2[nH]1)c1ccc(C(=O)N2CCC(O)CC2)c(Cl)c1. The number of H-pyrrole nitrogens is 1. The van der Waals surface area contributed by atoms with Gasteiger partial charge in [0.15, 0.2) is 0 Å². The zero-order valence-corrected chi connectivity index (χ0v) is 17.8. The summed E-state index contributed by atoms with van der Waals surface area (Å²) in [5.41, 5.74) is 3.65. The molecule has 0 aliphatic carbocycles. The summed E-state index contributed by atoms with van der Waals surface area (Å²) < 4.78 is 0. The lowest BCUT2D eigenvalue weighted by Crippen LogP contribution is -2.40. The molecule has 1 amide bonds. The van der Waals surface area contributed by atoms with E-state index >= 15 is 0 Å². The number of aromatic amines is 1. The number of rotatable bonds is 5. The summed E-state index contributed by atoms with van der Waals surface area (Å²) in [6.45, 7) is 5.60. The number of hydrogen-bond acceptors (Lipinski definition) is 4. The standard InChI is InChI=1S/C22H22Cl2N4O2/c1-13(25-12-21-26-19-5-3-15(23)11-20(19)27-21)14-2-4-17(18(24)10-14)22(30)28-8-6-16(29)7-9-28/h2-5,10-11,16,25,29H,1,6-9,12H2,(H,26,27). The van der Waals surface area contributed by atoms with Crippen LogP contribution in [0.15, 0.2) is 43.0 Å². The van der Waals surface area contributed by atoms with Crippen molar-refractivity contribution in [1.82, 2.24) is 20.2 Å². The molecule has 8 heteroatoms. The Kier molecular flexibility index (Phi) is 5.99. The quantitative estimate of drug-likeness (QED) is 0.549. The van der Waals surface area contributed by atoms with Crippen LogP contribution in [0.1, 0.15) is 34.6 Å². The maximum absolute atomic E-state index is 12.7. The van der Waals surface area contributed by atoms with Crippen molar-refractivity contribution in [2.75, 3.05) is 13.1 Å². The first kappa shape index (κ1) is 20.7. The molecular weight excluding hydrogens is 423 g/mol. The Labute approximate surface area is 184 Å². The second-order valence-corrected chi connectivity index (χ2v) is 8.24. The third kappa shape index (κ3) is 4.46. The Bertz CT molecular complexity index is 1100. The summed E-state index contributed by atoms with van der Waals surface area (Å²) in [7, 11) is 0. The summed E-state index contributed by atoms with van der Waals surface area (Å²) in [6, 6.07) is 10.8. The van der Waals surface area contributed by atoms with Gasteiger partial charge in [-0.15, -0.1) is 0 Å². The van der Waals surface area contributed by atoms with Gasteiger partial charge < -0.3 is 20.3 Å². The lowest BCUT2D eigenvalue weighted by atomic mass is 10.0. The number of piperidine rings is 1. The summed E-state index contributed by atoms with van der Waals surface area (Å²) in [6.07, 6.45) is 0.858. The molecule has 2 heterocycles. The first-order valence-corrected chi connectivity index (χ1v) is 10.5. The lowest BCUT2D eigenvalue weighted by Gasteiger charge is -2.30. The minimum Gasteiger partial charge on any atom is -0.393 e. The highest BCUT2D eigenvalue weighted by molar-refractivity contribution is 6.34. The van der Waals surface area contributed by atoms with E-state index < -0.39 is 0 Å². The fraction of sp³-hybridized carbons (Fsp3) is 0.273. The second-order valence-electron chi connectivity index (χ2n) is 7.40. The number of aromatic nitrogens is 2. The van der Waals surface area contributed by atoms with Crippen LogP contribution in [-0.4, -0.2) is 45.1 Å². The topological polar surface area (TPSA) is 81.2 Å². The van der Waals surface area contributed by atoms with Gasteiger partial charge in [-0.05, 0) is 48.7 Å². The highest BCUT2D eigenvalue weighted by Crippen LogP contribution is 2.24. The van der Waals surface area contributed by atoms with Crippen LogP contribution in [0.4, 0.5) is 0 Å². The van der Waals surface area contributed by atoms with E-state index in [9.17, 15) is 9.90 Å². The fourth-order valence-electron chi connectivity index (χ4n) is 3.53. The number of amides is 1. The Morgan fingerprint density at radius 2 is 2.00 bits per heavy atom. The van der Waals surface area contributed by atoms with Gasteiger partial charge in [-0.3, -0.25) is 4.79 Å². The van der Waals surface area contributed by atoms with Gasteiger partial charge >= 0.3 is 0 Å². The number of likely N-dealkylation sites (tertiary alicyclic amines) is 1. The van der Waals surface area contributed by atoms with Crippen LogP contribution in [0.25, 0.3) is 16.7 Å². The molecule has 4 rings (SSSR count). The molecule has 0 bridgehead atoms.